The molecule has 0 heterocycles. The molecule has 0 fully saturated rings. The van der Waals surface area contributed by atoms with Crippen LogP contribution in [0.15, 0.2) is 0 Å². The van der Waals surface area contributed by atoms with Crippen molar-refractivity contribution in [3.63, 3.8) is 0 Å². The van der Waals surface area contributed by atoms with Crippen LogP contribution in [-0.2, 0) is 4.79 Å². The van der Waals surface area contributed by atoms with E-state index >= 15 is 0 Å². The lowest BCUT2D eigenvalue weighted by Crippen LogP contribution is -2.56. The number of carbonyl (C=O) groups is 1. The third-order valence-electron chi connectivity index (χ3n) is 2.71. The van der Waals surface area contributed by atoms with Gasteiger partial charge in [0.1, 0.15) is 0 Å². The van der Waals surface area contributed by atoms with Gasteiger partial charge in [-0.05, 0) is 24.2 Å². The molecule has 1 amide bonds. The highest BCUT2D eigenvalue weighted by atomic mass is 28.4. The fourth-order valence-electron chi connectivity index (χ4n) is 1.77. The molecule has 0 rings (SSSR count). The van der Waals surface area contributed by atoms with E-state index in [0.717, 1.165) is 0 Å². The summed E-state index contributed by atoms with van der Waals surface area (Å²) in [6, 6.07) is 2.71. The third kappa shape index (κ3) is 4.46. The molecule has 0 aliphatic heterocycles. The van der Waals surface area contributed by atoms with Gasteiger partial charge in [0.05, 0.1) is 0 Å². The highest BCUT2D eigenvalue weighted by Gasteiger charge is 2.46. The fraction of sp³-hybridized carbons (Fsp3) is 0.900. The van der Waals surface area contributed by atoms with Crippen molar-refractivity contribution in [2.75, 3.05) is 0 Å². The van der Waals surface area contributed by atoms with Crippen molar-refractivity contribution in [3.8, 4) is 0 Å². The van der Waals surface area contributed by atoms with E-state index in [2.05, 4.69) is 0 Å². The van der Waals surface area contributed by atoms with Gasteiger partial charge in [-0.15, -0.1) is 0 Å². The molecule has 100 valence electrons. The number of carbonyl (C=O) groups excluding carboxylic acids is 1. The van der Waals surface area contributed by atoms with Crippen LogP contribution in [0.25, 0.3) is 0 Å². The average Bonchev–Trinajstić information content (AvgIpc) is 2.27. The number of hydrogen-bond donors (Lipinski definition) is 0. The molecule has 0 bridgehead atoms. The molecule has 0 aromatic carbocycles. The van der Waals surface area contributed by atoms with Gasteiger partial charge in [-0.1, -0.05) is 27.7 Å². The first-order chi connectivity index (χ1) is 7.83. The van der Waals surface area contributed by atoms with Crippen molar-refractivity contribution >= 4 is 23.8 Å². The van der Waals surface area contributed by atoms with Crippen LogP contribution < -0.4 is 0 Å². The Morgan fingerprint density at radius 3 is 1.41 bits per heavy atom. The fourth-order valence-corrected chi connectivity index (χ4v) is 8.55. The van der Waals surface area contributed by atoms with Crippen molar-refractivity contribution < 1.29 is 18.0 Å². The number of hydrogen-bond acceptors (Lipinski definition) is 1. The Balaban J connectivity index is 5.16. The van der Waals surface area contributed by atoms with Crippen LogP contribution in [0.1, 0.15) is 27.7 Å². The van der Waals surface area contributed by atoms with E-state index in [1.807, 2.05) is 27.7 Å². The van der Waals surface area contributed by atoms with Gasteiger partial charge in [-0.2, -0.15) is 13.2 Å². The Morgan fingerprint density at radius 1 is 0.941 bits per heavy atom. The molecule has 0 aliphatic rings. The molecule has 0 aliphatic carbocycles. The Morgan fingerprint density at radius 2 is 1.24 bits per heavy atom. The SMILES string of the molecule is CC[Si](CC)N(C(=O)C(F)(F)F)[Si](CC)CC. The summed E-state index contributed by atoms with van der Waals surface area (Å²) in [5.41, 5.74) is 0. The van der Waals surface area contributed by atoms with Gasteiger partial charge in [0, 0.05) is 0 Å². The molecule has 0 atom stereocenters. The summed E-state index contributed by atoms with van der Waals surface area (Å²) in [4.78, 5) is 11.5. The quantitative estimate of drug-likeness (QED) is 0.684. The number of amides is 1. The molecule has 0 aromatic rings. The average molecular weight is 283 g/mol. The van der Waals surface area contributed by atoms with Gasteiger partial charge in [0.15, 0.2) is 17.9 Å². The van der Waals surface area contributed by atoms with E-state index in [4.69, 9.17) is 0 Å². The normalized spacial score (nSPS) is 12.3. The molecule has 0 aromatic heterocycles. The standard InChI is InChI=1S/C10H20F3NOSi2/c1-5-16(6-2)14(17(7-3)8-4)9(15)10(11,12)13/h5-8H2,1-4H3. The molecule has 0 spiro atoms. The summed E-state index contributed by atoms with van der Waals surface area (Å²) in [5, 5.41) is 0. The van der Waals surface area contributed by atoms with Gasteiger partial charge < -0.3 is 4.23 Å². The second-order valence-corrected chi connectivity index (χ2v) is 10.1. The lowest BCUT2D eigenvalue weighted by Gasteiger charge is -2.35. The highest BCUT2D eigenvalue weighted by Crippen LogP contribution is 2.24. The summed E-state index contributed by atoms with van der Waals surface area (Å²) in [5.74, 6) is -1.60. The van der Waals surface area contributed by atoms with Gasteiger partial charge in [-0.25, -0.2) is 0 Å². The predicted octanol–water partition coefficient (Wildman–Crippen LogP) is 3.44. The summed E-state index contributed by atoms with van der Waals surface area (Å²) >= 11 is 0. The van der Waals surface area contributed by atoms with E-state index in [1.54, 1.807) is 0 Å². The lowest BCUT2D eigenvalue weighted by atomic mass is 10.6. The topological polar surface area (TPSA) is 20.3 Å². The van der Waals surface area contributed by atoms with Gasteiger partial charge in [0.2, 0.25) is 0 Å². The minimum atomic E-state index is -4.72. The molecule has 0 N–H and O–H groups in total. The molecule has 2 radical (unpaired) electrons. The number of nitrogens with zero attached hydrogens (tertiary/aromatic N) is 1. The molecule has 17 heavy (non-hydrogen) atoms. The Kier molecular flexibility index (Phi) is 7.07. The van der Waals surface area contributed by atoms with Crippen LogP contribution in [-0.4, -0.2) is 34.2 Å². The van der Waals surface area contributed by atoms with E-state index in [9.17, 15) is 18.0 Å². The molecule has 0 saturated heterocycles. The monoisotopic (exact) mass is 283 g/mol. The van der Waals surface area contributed by atoms with E-state index in [1.165, 1.54) is 4.23 Å². The number of alkyl halides is 3. The van der Waals surface area contributed by atoms with Crippen molar-refractivity contribution in [2.24, 2.45) is 0 Å². The van der Waals surface area contributed by atoms with Crippen LogP contribution >= 0.6 is 0 Å². The van der Waals surface area contributed by atoms with Crippen molar-refractivity contribution in [3.05, 3.63) is 0 Å². The van der Waals surface area contributed by atoms with Crippen LogP contribution in [0.2, 0.25) is 24.2 Å². The maximum Gasteiger partial charge on any atom is 0.469 e. The Labute approximate surface area is 105 Å². The van der Waals surface area contributed by atoms with Crippen molar-refractivity contribution in [2.45, 2.75) is 58.0 Å². The predicted molar refractivity (Wildman–Crippen MR) is 66.3 cm³/mol. The van der Waals surface area contributed by atoms with Crippen molar-refractivity contribution in [1.82, 2.24) is 4.23 Å². The molecular weight excluding hydrogens is 263 g/mol. The van der Waals surface area contributed by atoms with E-state index < -0.39 is 30.0 Å². The summed E-state index contributed by atoms with van der Waals surface area (Å²) in [6.07, 6.45) is -4.72. The zero-order valence-corrected chi connectivity index (χ0v) is 12.8. The van der Waals surface area contributed by atoms with Crippen LogP contribution in [0, 0.1) is 0 Å². The maximum absolute atomic E-state index is 12.6. The van der Waals surface area contributed by atoms with Gasteiger partial charge in [-0.3, -0.25) is 4.79 Å². The van der Waals surface area contributed by atoms with Crippen molar-refractivity contribution in [1.29, 1.82) is 0 Å². The van der Waals surface area contributed by atoms with Crippen LogP contribution in [0.5, 0.6) is 0 Å². The molecule has 7 heteroatoms. The lowest BCUT2D eigenvalue weighted by molar-refractivity contribution is -0.177. The largest absolute Gasteiger partial charge is 0.469 e. The second kappa shape index (κ2) is 7.20. The zero-order chi connectivity index (χ0) is 13.6. The van der Waals surface area contributed by atoms with Gasteiger partial charge >= 0.3 is 12.1 Å². The molecule has 2 nitrogen and oxygen atoms in total. The Hall–Kier alpha value is -0.306. The first-order valence-corrected chi connectivity index (χ1v) is 9.66. The molecule has 0 saturated carbocycles. The maximum atomic E-state index is 12.6. The van der Waals surface area contributed by atoms with E-state index in [-0.39, 0.29) is 0 Å². The van der Waals surface area contributed by atoms with Crippen LogP contribution in [0.4, 0.5) is 13.2 Å². The number of rotatable bonds is 6. The third-order valence-corrected chi connectivity index (χ3v) is 9.54. The molecule has 0 unspecified atom stereocenters. The summed E-state index contributed by atoms with van der Waals surface area (Å²) in [7, 11) is -2.71. The summed E-state index contributed by atoms with van der Waals surface area (Å²) in [6.45, 7) is 7.50. The first kappa shape index (κ1) is 16.7. The van der Waals surface area contributed by atoms with Crippen LogP contribution in [0.3, 0.4) is 0 Å². The second-order valence-electron chi connectivity index (χ2n) is 3.68. The first-order valence-electron chi connectivity index (χ1n) is 5.93. The smallest absolute Gasteiger partial charge is 0.388 e. The minimum absolute atomic E-state index is 0.678. The Bertz CT molecular complexity index is 228. The number of halogens is 3. The zero-order valence-electron chi connectivity index (χ0n) is 10.8. The van der Waals surface area contributed by atoms with Gasteiger partial charge in [0.25, 0.3) is 0 Å². The highest BCUT2D eigenvalue weighted by molar-refractivity contribution is 6.76. The van der Waals surface area contributed by atoms with E-state index in [0.29, 0.717) is 24.2 Å². The minimum Gasteiger partial charge on any atom is -0.388 e. The molecular formula is C10H20F3NOSi2. The summed E-state index contributed by atoms with van der Waals surface area (Å²) < 4.78 is 39.1.